The van der Waals surface area contributed by atoms with E-state index in [4.69, 9.17) is 0 Å². The van der Waals surface area contributed by atoms with Crippen LogP contribution in [0.5, 0.6) is 0 Å². The van der Waals surface area contributed by atoms with Crippen LogP contribution in [-0.2, 0) is 6.18 Å². The highest BCUT2D eigenvalue weighted by Gasteiger charge is 2.38. The summed E-state index contributed by atoms with van der Waals surface area (Å²) in [5.41, 5.74) is -1.03. The lowest BCUT2D eigenvalue weighted by Crippen LogP contribution is -2.30. The predicted molar refractivity (Wildman–Crippen MR) is 56.2 cm³/mol. The number of piperidine rings is 1. The van der Waals surface area contributed by atoms with Gasteiger partial charge < -0.3 is 5.32 Å². The quantitative estimate of drug-likeness (QED) is 0.751. The SMILES string of the molecule is Fc1cccc(C2CCCNC2)c1C(F)(F)F. The maximum Gasteiger partial charge on any atom is 0.419 e. The molecule has 1 atom stereocenters. The van der Waals surface area contributed by atoms with Gasteiger partial charge in [-0.15, -0.1) is 0 Å². The van der Waals surface area contributed by atoms with Crippen LogP contribution >= 0.6 is 0 Å². The van der Waals surface area contributed by atoms with Gasteiger partial charge in [-0.25, -0.2) is 4.39 Å². The third-order valence-electron chi connectivity index (χ3n) is 3.07. The third-order valence-corrected chi connectivity index (χ3v) is 3.07. The maximum absolute atomic E-state index is 13.4. The second-order valence-corrected chi connectivity index (χ2v) is 4.25. The van der Waals surface area contributed by atoms with Gasteiger partial charge in [0.25, 0.3) is 0 Å². The Kier molecular flexibility index (Phi) is 3.38. The Labute approximate surface area is 96.8 Å². The van der Waals surface area contributed by atoms with Crippen LogP contribution in [0.4, 0.5) is 17.6 Å². The zero-order valence-corrected chi connectivity index (χ0v) is 9.15. The molecule has 1 aliphatic rings. The first-order valence-corrected chi connectivity index (χ1v) is 5.56. The largest absolute Gasteiger partial charge is 0.419 e. The van der Waals surface area contributed by atoms with E-state index in [1.807, 2.05) is 0 Å². The molecule has 94 valence electrons. The lowest BCUT2D eigenvalue weighted by molar-refractivity contribution is -0.140. The molecule has 1 fully saturated rings. The van der Waals surface area contributed by atoms with Crippen molar-refractivity contribution in [2.45, 2.75) is 24.9 Å². The van der Waals surface area contributed by atoms with Gasteiger partial charge in [0.05, 0.1) is 5.56 Å². The first-order valence-electron chi connectivity index (χ1n) is 5.56. The van der Waals surface area contributed by atoms with E-state index in [1.165, 1.54) is 12.1 Å². The molecule has 0 amide bonds. The number of nitrogens with one attached hydrogen (secondary N) is 1. The monoisotopic (exact) mass is 247 g/mol. The minimum absolute atomic E-state index is 0.0738. The van der Waals surface area contributed by atoms with Gasteiger partial charge >= 0.3 is 6.18 Å². The molecule has 0 bridgehead atoms. The molecule has 0 aromatic heterocycles. The molecular weight excluding hydrogens is 234 g/mol. The van der Waals surface area contributed by atoms with E-state index >= 15 is 0 Å². The molecule has 0 radical (unpaired) electrons. The molecule has 17 heavy (non-hydrogen) atoms. The molecular formula is C12H13F4N. The number of alkyl halides is 3. The molecule has 0 saturated carbocycles. The van der Waals surface area contributed by atoms with E-state index in [9.17, 15) is 17.6 Å². The van der Waals surface area contributed by atoms with Crippen LogP contribution in [0.15, 0.2) is 18.2 Å². The van der Waals surface area contributed by atoms with Gasteiger partial charge in [-0.2, -0.15) is 13.2 Å². The summed E-state index contributed by atoms with van der Waals surface area (Å²) in [6, 6.07) is 3.58. The predicted octanol–water partition coefficient (Wildman–Crippen LogP) is 3.31. The molecule has 1 heterocycles. The average Bonchev–Trinajstić information content (AvgIpc) is 2.28. The van der Waals surface area contributed by atoms with Gasteiger partial charge in [-0.1, -0.05) is 12.1 Å². The standard InChI is InChI=1S/C12H13F4N/c13-10-5-1-4-9(11(10)12(14,15)16)8-3-2-6-17-7-8/h1,4-5,8,17H,2-3,6-7H2. The van der Waals surface area contributed by atoms with Gasteiger partial charge in [0, 0.05) is 6.54 Å². The summed E-state index contributed by atoms with van der Waals surface area (Å²) in [5.74, 6) is -1.43. The Morgan fingerprint density at radius 3 is 2.59 bits per heavy atom. The summed E-state index contributed by atoms with van der Waals surface area (Å²) in [7, 11) is 0. The first-order chi connectivity index (χ1) is 8.00. The highest BCUT2D eigenvalue weighted by molar-refractivity contribution is 5.34. The average molecular weight is 247 g/mol. The summed E-state index contributed by atoms with van der Waals surface area (Å²) < 4.78 is 51.8. The summed E-state index contributed by atoms with van der Waals surface area (Å²) in [6.07, 6.45) is -3.14. The normalized spacial score (nSPS) is 21.5. The summed E-state index contributed by atoms with van der Waals surface area (Å²) in [4.78, 5) is 0. The number of rotatable bonds is 1. The maximum atomic E-state index is 13.4. The molecule has 2 rings (SSSR count). The van der Waals surface area contributed by atoms with E-state index < -0.39 is 17.6 Å². The third kappa shape index (κ3) is 2.60. The minimum atomic E-state index is -4.63. The van der Waals surface area contributed by atoms with E-state index in [0.717, 1.165) is 19.0 Å². The highest BCUT2D eigenvalue weighted by atomic mass is 19.4. The Bertz CT molecular complexity index is 394. The van der Waals surface area contributed by atoms with Gasteiger partial charge in [0.15, 0.2) is 0 Å². The van der Waals surface area contributed by atoms with Crippen LogP contribution in [0.3, 0.4) is 0 Å². The van der Waals surface area contributed by atoms with Crippen LogP contribution in [0.2, 0.25) is 0 Å². The van der Waals surface area contributed by atoms with Gasteiger partial charge in [-0.05, 0) is 36.9 Å². The zero-order chi connectivity index (χ0) is 12.5. The number of halogens is 4. The summed E-state index contributed by atoms with van der Waals surface area (Å²) >= 11 is 0. The van der Waals surface area contributed by atoms with E-state index in [1.54, 1.807) is 0 Å². The molecule has 1 aromatic carbocycles. The first kappa shape index (κ1) is 12.4. The van der Waals surface area contributed by atoms with Gasteiger partial charge in [-0.3, -0.25) is 0 Å². The van der Waals surface area contributed by atoms with Gasteiger partial charge in [0.1, 0.15) is 5.82 Å². The number of hydrogen-bond acceptors (Lipinski definition) is 1. The van der Waals surface area contributed by atoms with Crippen molar-refractivity contribution < 1.29 is 17.6 Å². The Balaban J connectivity index is 2.42. The highest BCUT2D eigenvalue weighted by Crippen LogP contribution is 2.38. The van der Waals surface area contributed by atoms with Crippen molar-refractivity contribution in [3.05, 3.63) is 35.1 Å². The number of hydrogen-bond donors (Lipinski definition) is 1. The van der Waals surface area contributed by atoms with Crippen molar-refractivity contribution in [2.75, 3.05) is 13.1 Å². The van der Waals surface area contributed by atoms with E-state index in [-0.39, 0.29) is 11.5 Å². The fourth-order valence-corrected chi connectivity index (χ4v) is 2.30. The van der Waals surface area contributed by atoms with E-state index in [2.05, 4.69) is 5.32 Å². The molecule has 1 saturated heterocycles. The second-order valence-electron chi connectivity index (χ2n) is 4.25. The van der Waals surface area contributed by atoms with Crippen LogP contribution < -0.4 is 5.32 Å². The minimum Gasteiger partial charge on any atom is -0.316 e. The Morgan fingerprint density at radius 2 is 2.00 bits per heavy atom. The molecule has 0 spiro atoms. The number of benzene rings is 1. The van der Waals surface area contributed by atoms with Crippen LogP contribution in [0.1, 0.15) is 29.9 Å². The second kappa shape index (κ2) is 4.64. The molecule has 1 nitrogen and oxygen atoms in total. The molecule has 1 aromatic rings. The van der Waals surface area contributed by atoms with Crippen molar-refractivity contribution in [1.82, 2.24) is 5.32 Å². The van der Waals surface area contributed by atoms with E-state index in [0.29, 0.717) is 13.0 Å². The van der Waals surface area contributed by atoms with Crippen LogP contribution in [0.25, 0.3) is 0 Å². The van der Waals surface area contributed by atoms with Crippen LogP contribution in [0, 0.1) is 5.82 Å². The Morgan fingerprint density at radius 1 is 1.24 bits per heavy atom. The van der Waals surface area contributed by atoms with Crippen molar-refractivity contribution in [2.24, 2.45) is 0 Å². The lowest BCUT2D eigenvalue weighted by Gasteiger charge is -2.26. The molecule has 1 N–H and O–H groups in total. The van der Waals surface area contributed by atoms with Crippen molar-refractivity contribution in [3.63, 3.8) is 0 Å². The zero-order valence-electron chi connectivity index (χ0n) is 9.15. The van der Waals surface area contributed by atoms with Crippen molar-refractivity contribution in [3.8, 4) is 0 Å². The summed E-state index contributed by atoms with van der Waals surface area (Å²) in [5, 5.41) is 3.04. The van der Waals surface area contributed by atoms with Crippen LogP contribution in [-0.4, -0.2) is 13.1 Å². The Hall–Kier alpha value is -1.10. The smallest absolute Gasteiger partial charge is 0.316 e. The molecule has 5 heteroatoms. The molecule has 1 unspecified atom stereocenters. The topological polar surface area (TPSA) is 12.0 Å². The van der Waals surface area contributed by atoms with Crippen molar-refractivity contribution in [1.29, 1.82) is 0 Å². The van der Waals surface area contributed by atoms with Gasteiger partial charge in [0.2, 0.25) is 0 Å². The fraction of sp³-hybridized carbons (Fsp3) is 0.500. The van der Waals surface area contributed by atoms with Crippen molar-refractivity contribution >= 4 is 0 Å². The molecule has 1 aliphatic heterocycles. The lowest BCUT2D eigenvalue weighted by atomic mass is 9.88. The summed E-state index contributed by atoms with van der Waals surface area (Å²) in [6.45, 7) is 1.29. The fourth-order valence-electron chi connectivity index (χ4n) is 2.30. The molecule has 0 aliphatic carbocycles.